The topological polar surface area (TPSA) is 39.2 Å². The van der Waals surface area contributed by atoms with E-state index in [1.165, 1.54) is 0 Å². The summed E-state index contributed by atoms with van der Waals surface area (Å²) in [4.78, 5) is 15.3. The molecular formula is C12H17NO2. The van der Waals surface area contributed by atoms with Gasteiger partial charge in [0.05, 0.1) is 12.5 Å². The highest BCUT2D eigenvalue weighted by molar-refractivity contribution is 5.71. The Morgan fingerprint density at radius 2 is 2.27 bits per heavy atom. The Hall–Kier alpha value is -1.38. The fourth-order valence-corrected chi connectivity index (χ4v) is 1.14. The summed E-state index contributed by atoms with van der Waals surface area (Å²) in [5.74, 6) is -0.170. The lowest BCUT2D eigenvalue weighted by Gasteiger charge is -2.06. The number of hydrogen-bond donors (Lipinski definition) is 0. The third-order valence-electron chi connectivity index (χ3n) is 2.02. The number of hydrogen-bond acceptors (Lipinski definition) is 3. The highest BCUT2D eigenvalue weighted by Gasteiger charge is 2.07. The molecule has 3 nitrogen and oxygen atoms in total. The average Bonchev–Trinajstić information content (AvgIpc) is 2.25. The first-order valence-corrected chi connectivity index (χ1v) is 5.26. The second-order valence-electron chi connectivity index (χ2n) is 3.75. The van der Waals surface area contributed by atoms with E-state index in [9.17, 15) is 4.79 Å². The Morgan fingerprint density at radius 3 is 2.87 bits per heavy atom. The molecule has 3 heteroatoms. The number of carbonyl (C=O) groups excluding carboxylic acids is 1. The second kappa shape index (κ2) is 6.17. The zero-order chi connectivity index (χ0) is 11.1. The van der Waals surface area contributed by atoms with Crippen LogP contribution in [0.1, 0.15) is 26.0 Å². The summed E-state index contributed by atoms with van der Waals surface area (Å²) in [6.07, 6.45) is 3.46. The summed E-state index contributed by atoms with van der Waals surface area (Å²) >= 11 is 0. The van der Waals surface area contributed by atoms with Crippen LogP contribution in [0.15, 0.2) is 24.4 Å². The summed E-state index contributed by atoms with van der Waals surface area (Å²) in [7, 11) is 0. The van der Waals surface area contributed by atoms with Crippen LogP contribution in [0, 0.1) is 5.92 Å². The van der Waals surface area contributed by atoms with Crippen molar-refractivity contribution in [3.63, 3.8) is 0 Å². The Balaban J connectivity index is 2.15. The molecule has 0 amide bonds. The van der Waals surface area contributed by atoms with Crippen LogP contribution in [0.3, 0.4) is 0 Å². The zero-order valence-electron chi connectivity index (χ0n) is 9.27. The van der Waals surface area contributed by atoms with Gasteiger partial charge in [0.15, 0.2) is 0 Å². The smallest absolute Gasteiger partial charge is 0.308 e. The van der Waals surface area contributed by atoms with Crippen molar-refractivity contribution in [2.24, 2.45) is 5.92 Å². The number of aromatic nitrogens is 1. The van der Waals surface area contributed by atoms with Gasteiger partial charge in [0, 0.05) is 11.9 Å². The van der Waals surface area contributed by atoms with Crippen molar-refractivity contribution in [1.29, 1.82) is 0 Å². The fourth-order valence-electron chi connectivity index (χ4n) is 1.14. The molecule has 0 N–H and O–H groups in total. The molecule has 0 bridgehead atoms. The molecule has 15 heavy (non-hydrogen) atoms. The highest BCUT2D eigenvalue weighted by atomic mass is 16.5. The lowest BCUT2D eigenvalue weighted by Crippen LogP contribution is -2.12. The van der Waals surface area contributed by atoms with E-state index in [-0.39, 0.29) is 11.9 Å². The number of rotatable bonds is 5. The van der Waals surface area contributed by atoms with E-state index in [0.717, 1.165) is 18.5 Å². The van der Waals surface area contributed by atoms with Crippen molar-refractivity contribution in [3.8, 4) is 0 Å². The first kappa shape index (κ1) is 11.7. The molecule has 0 spiro atoms. The van der Waals surface area contributed by atoms with Gasteiger partial charge < -0.3 is 4.74 Å². The summed E-state index contributed by atoms with van der Waals surface area (Å²) in [5, 5.41) is 0. The molecule has 0 atom stereocenters. The Morgan fingerprint density at radius 1 is 1.47 bits per heavy atom. The maximum absolute atomic E-state index is 11.1. The predicted molar refractivity (Wildman–Crippen MR) is 58.4 cm³/mol. The highest BCUT2D eigenvalue weighted by Crippen LogP contribution is 2.01. The van der Waals surface area contributed by atoms with E-state index < -0.39 is 0 Å². The van der Waals surface area contributed by atoms with Crippen molar-refractivity contribution in [2.75, 3.05) is 6.61 Å². The second-order valence-corrected chi connectivity index (χ2v) is 3.75. The number of carbonyl (C=O) groups is 1. The Bertz CT molecular complexity index is 296. The van der Waals surface area contributed by atoms with E-state index in [1.807, 2.05) is 32.0 Å². The van der Waals surface area contributed by atoms with E-state index >= 15 is 0 Å². The summed E-state index contributed by atoms with van der Waals surface area (Å²) < 4.78 is 5.06. The molecule has 0 fully saturated rings. The molecule has 0 aliphatic rings. The molecule has 0 radical (unpaired) electrons. The van der Waals surface area contributed by atoms with Gasteiger partial charge in [-0.2, -0.15) is 0 Å². The maximum Gasteiger partial charge on any atom is 0.308 e. The molecule has 0 aliphatic heterocycles. The van der Waals surface area contributed by atoms with E-state index in [1.54, 1.807) is 6.20 Å². The third-order valence-corrected chi connectivity index (χ3v) is 2.02. The molecule has 0 aromatic carbocycles. The standard InChI is InChI=1S/C12H17NO2/c1-10(2)12(14)15-9-5-7-11-6-3-4-8-13-11/h3-4,6,8,10H,5,7,9H2,1-2H3. The first-order valence-electron chi connectivity index (χ1n) is 5.26. The third kappa shape index (κ3) is 4.58. The normalized spacial score (nSPS) is 10.3. The predicted octanol–water partition coefficient (Wildman–Crippen LogP) is 2.21. The quantitative estimate of drug-likeness (QED) is 0.549. The molecule has 82 valence electrons. The van der Waals surface area contributed by atoms with Crippen molar-refractivity contribution in [2.45, 2.75) is 26.7 Å². The Labute approximate surface area is 90.5 Å². The minimum atomic E-state index is -0.129. The van der Waals surface area contributed by atoms with E-state index in [0.29, 0.717) is 6.61 Å². The van der Waals surface area contributed by atoms with Crippen LogP contribution in [-0.4, -0.2) is 17.6 Å². The minimum absolute atomic E-state index is 0.0418. The van der Waals surface area contributed by atoms with Gasteiger partial charge in [-0.05, 0) is 25.0 Å². The first-order chi connectivity index (χ1) is 7.20. The van der Waals surface area contributed by atoms with Crippen LogP contribution in [0.2, 0.25) is 0 Å². The average molecular weight is 207 g/mol. The van der Waals surface area contributed by atoms with E-state index in [4.69, 9.17) is 4.74 Å². The van der Waals surface area contributed by atoms with Gasteiger partial charge in [-0.25, -0.2) is 0 Å². The SMILES string of the molecule is CC(C)C(=O)OCCCc1ccccn1. The number of aryl methyl sites for hydroxylation is 1. The molecule has 0 aliphatic carbocycles. The summed E-state index contributed by atoms with van der Waals surface area (Å²) in [5.41, 5.74) is 1.04. The van der Waals surface area contributed by atoms with Gasteiger partial charge in [-0.15, -0.1) is 0 Å². The lowest BCUT2D eigenvalue weighted by atomic mass is 10.2. The summed E-state index contributed by atoms with van der Waals surface area (Å²) in [6, 6.07) is 5.83. The van der Waals surface area contributed by atoms with Crippen LogP contribution in [-0.2, 0) is 16.0 Å². The number of esters is 1. The summed E-state index contributed by atoms with van der Waals surface area (Å²) in [6.45, 7) is 4.15. The van der Waals surface area contributed by atoms with Gasteiger partial charge in [0.1, 0.15) is 0 Å². The van der Waals surface area contributed by atoms with Crippen molar-refractivity contribution in [1.82, 2.24) is 4.98 Å². The molecule has 1 heterocycles. The van der Waals surface area contributed by atoms with Gasteiger partial charge in [0.25, 0.3) is 0 Å². The van der Waals surface area contributed by atoms with Crippen LogP contribution >= 0.6 is 0 Å². The molecule has 1 aromatic rings. The van der Waals surface area contributed by atoms with Crippen LogP contribution < -0.4 is 0 Å². The lowest BCUT2D eigenvalue weighted by molar-refractivity contribution is -0.147. The van der Waals surface area contributed by atoms with Gasteiger partial charge >= 0.3 is 5.97 Å². The molecule has 0 saturated carbocycles. The van der Waals surface area contributed by atoms with Gasteiger partial charge in [-0.1, -0.05) is 19.9 Å². The molecule has 0 unspecified atom stereocenters. The Kier molecular flexibility index (Phi) is 4.81. The zero-order valence-corrected chi connectivity index (χ0v) is 9.27. The monoisotopic (exact) mass is 207 g/mol. The van der Waals surface area contributed by atoms with Gasteiger partial charge in [-0.3, -0.25) is 9.78 Å². The number of ether oxygens (including phenoxy) is 1. The van der Waals surface area contributed by atoms with Crippen molar-refractivity contribution < 1.29 is 9.53 Å². The molecule has 1 rings (SSSR count). The molecular weight excluding hydrogens is 190 g/mol. The fraction of sp³-hybridized carbons (Fsp3) is 0.500. The van der Waals surface area contributed by atoms with Crippen LogP contribution in [0.25, 0.3) is 0 Å². The van der Waals surface area contributed by atoms with Crippen LogP contribution in [0.5, 0.6) is 0 Å². The van der Waals surface area contributed by atoms with E-state index in [2.05, 4.69) is 4.98 Å². The minimum Gasteiger partial charge on any atom is -0.465 e. The molecule has 1 aromatic heterocycles. The number of pyridine rings is 1. The molecule has 0 saturated heterocycles. The maximum atomic E-state index is 11.1. The van der Waals surface area contributed by atoms with Gasteiger partial charge in [0.2, 0.25) is 0 Å². The number of nitrogens with zero attached hydrogens (tertiary/aromatic N) is 1. The van der Waals surface area contributed by atoms with Crippen molar-refractivity contribution in [3.05, 3.63) is 30.1 Å². The van der Waals surface area contributed by atoms with Crippen LogP contribution in [0.4, 0.5) is 0 Å². The largest absolute Gasteiger partial charge is 0.465 e. The van der Waals surface area contributed by atoms with Crippen molar-refractivity contribution >= 4 is 5.97 Å².